The Bertz CT molecular complexity index is 5810. The lowest BCUT2D eigenvalue weighted by molar-refractivity contribution is 0.0747. The van der Waals surface area contributed by atoms with Crippen molar-refractivity contribution in [2.24, 2.45) is 11.1 Å². The van der Waals surface area contributed by atoms with Crippen molar-refractivity contribution in [2.45, 2.75) is 35.1 Å². The number of halogens is 15. The van der Waals surface area contributed by atoms with Crippen LogP contribution in [0.1, 0.15) is 68.4 Å². The molecule has 34 heteroatoms. The highest BCUT2D eigenvalue weighted by Crippen LogP contribution is 2.43. The van der Waals surface area contributed by atoms with Crippen LogP contribution in [0.5, 0.6) is 0 Å². The molecule has 5 aliphatic rings. The van der Waals surface area contributed by atoms with E-state index in [9.17, 15) is 18.1 Å². The van der Waals surface area contributed by atoms with Crippen LogP contribution < -0.4 is 45.9 Å². The number of piperazine rings is 5. The fraction of sp³-hybridized carbons (Fsp3) is 0.215. The summed E-state index contributed by atoms with van der Waals surface area (Å²) in [5, 5.41) is 23.1. The van der Waals surface area contributed by atoms with Crippen LogP contribution in [0, 0.1) is 4.91 Å². The average Bonchev–Trinajstić information content (AvgIpc) is 0.805. The van der Waals surface area contributed by atoms with Crippen molar-refractivity contribution in [3.8, 4) is 0 Å². The predicted octanol–water partition coefficient (Wildman–Crippen LogP) is 25.6. The molecule has 0 saturated carbocycles. The first kappa shape index (κ1) is 97.1. The van der Waals surface area contributed by atoms with Crippen molar-refractivity contribution in [1.82, 2.24) is 35.6 Å². The molecule has 5 atom stereocenters. The number of rotatable bonds is 16. The number of carbonyl (C=O) groups excluding carboxylic acids is 1. The fourth-order valence-electron chi connectivity index (χ4n) is 15.6. The standard InChI is InChI=1S/C23H20Cl3N3O.C22H20Cl3N3O2S.C16H14Cl3N3O.C16H16Cl3N3.C16H15Cl3N2/c24-18-8-6-16(7-9-18)22-15-28(27-23(30)17-4-2-1-3-5-17)12-13-29(22)21-11-10-19(25)14-20(21)26;23-17-8-6-16(7-9-17)22-15-27(26-31(29,30)19-4-2-1-3-5-19)12-13-28(22)21-11-10-18(24)14-20(21)25;17-12-3-1-11(2-4-12)16-10-21(20-23)7-8-22(16)15-6-5-13(18)9-14(15)19;17-12-3-1-11(2-4-12)16-10-21(20)7-8-22(16)15-6-5-13(18)9-14(15)19;17-12-3-1-11(2-4-12)16-10-20-7-8-21(16)15-6-5-13(18)9-14(15)19/h1-11,14,22H,12-13,15H2,(H,27,30);1-11,14,22,26H,12-13,15H2;1-6,9,16H,7-8,10H2;1-6,9,16H,7-8,10,20H2;1-6,9,16,20H,7-8,10H2. The molecular weight excluding hydrogens is 1940 g/mol. The molecule has 127 heavy (non-hydrogen) atoms. The molecule has 5 aliphatic heterocycles. The van der Waals surface area contributed by atoms with E-state index in [4.69, 9.17) is 180 Å². The van der Waals surface area contributed by atoms with Crippen molar-refractivity contribution >= 4 is 218 Å². The summed E-state index contributed by atoms with van der Waals surface area (Å²) < 4.78 is 25.6. The number of sulfonamides is 1. The Morgan fingerprint density at radius 3 is 0.992 bits per heavy atom. The first-order valence-electron chi connectivity index (χ1n) is 40.2. The SMILES string of the molecule is Clc1ccc(C2CNCCN2c2ccc(Cl)cc2Cl)cc1.NN1CCN(c2ccc(Cl)cc2Cl)C(c2ccc(Cl)cc2)C1.O=C(NN1CCN(c2ccc(Cl)cc2Cl)C(c2ccc(Cl)cc2)C1)c1ccccc1.O=NN1CCN(c2ccc(Cl)cc2Cl)C(c2ccc(Cl)cc2)C1.O=S(=O)(NN1CCN(c2ccc(Cl)cc2Cl)C(c2ccc(Cl)cc2)C1)c1ccccc1. The van der Waals surface area contributed by atoms with Crippen LogP contribution in [0.2, 0.25) is 75.3 Å². The van der Waals surface area contributed by atoms with Gasteiger partial charge in [-0.2, -0.15) is 0 Å². The zero-order chi connectivity index (χ0) is 90.0. The van der Waals surface area contributed by atoms with Crippen LogP contribution in [0.15, 0.2) is 283 Å². The summed E-state index contributed by atoms with van der Waals surface area (Å²) in [4.78, 5) is 37.7. The van der Waals surface area contributed by atoms with Crippen LogP contribution >= 0.6 is 174 Å². The van der Waals surface area contributed by atoms with E-state index < -0.39 is 10.0 Å². The quantitative estimate of drug-likeness (QED) is 0.0531. The molecular formula is C93H85Cl15N14O4S. The Morgan fingerprint density at radius 2 is 0.630 bits per heavy atom. The van der Waals surface area contributed by atoms with Crippen molar-refractivity contribution in [3.05, 3.63) is 387 Å². The highest BCUT2D eigenvalue weighted by atomic mass is 35.5. The van der Waals surface area contributed by atoms with Crippen LogP contribution in [0.25, 0.3) is 0 Å². The van der Waals surface area contributed by atoms with Crippen LogP contribution in [-0.4, -0.2) is 133 Å². The van der Waals surface area contributed by atoms with E-state index in [0.29, 0.717) is 130 Å². The molecule has 0 bridgehead atoms. The number of anilines is 5. The minimum atomic E-state index is -3.68. The molecule has 0 aromatic heterocycles. The third-order valence-electron chi connectivity index (χ3n) is 21.9. The van der Waals surface area contributed by atoms with Gasteiger partial charge in [-0.1, -0.05) is 271 Å². The topological polar surface area (TPSA) is 172 Å². The van der Waals surface area contributed by atoms with Gasteiger partial charge in [-0.05, 0) is 204 Å². The van der Waals surface area contributed by atoms with Crippen LogP contribution in [0.4, 0.5) is 28.4 Å². The molecule has 1 amide bonds. The third-order valence-corrected chi connectivity index (χ3v) is 27.2. The number of hydrogen-bond donors (Lipinski definition) is 4. The van der Waals surface area contributed by atoms with E-state index in [-0.39, 0.29) is 41.0 Å². The van der Waals surface area contributed by atoms with Gasteiger partial charge in [0.15, 0.2) is 0 Å². The van der Waals surface area contributed by atoms with Crippen molar-refractivity contribution in [3.63, 3.8) is 0 Å². The largest absolute Gasteiger partial charge is 0.361 e. The van der Waals surface area contributed by atoms with Gasteiger partial charge in [-0.15, -0.1) is 9.74 Å². The number of nitrogens with zero attached hydrogens (tertiary/aromatic N) is 10. The molecule has 5 N–H and O–H groups in total. The van der Waals surface area contributed by atoms with Gasteiger partial charge in [0.05, 0.1) is 107 Å². The lowest BCUT2D eigenvalue weighted by atomic mass is 10.0. The normalized spacial score (nSPS) is 18.1. The number of benzene rings is 12. The smallest absolute Gasteiger partial charge is 0.265 e. The summed E-state index contributed by atoms with van der Waals surface area (Å²) in [5.74, 6) is 5.90. The Morgan fingerprint density at radius 1 is 0.331 bits per heavy atom. The maximum atomic E-state index is 12.8. The molecule has 5 unspecified atom stereocenters. The summed E-state index contributed by atoms with van der Waals surface area (Å²) in [6.45, 7) is 10.1. The minimum Gasteiger partial charge on any atom is -0.361 e. The van der Waals surface area contributed by atoms with Gasteiger partial charge in [0.2, 0.25) is 0 Å². The number of carbonyl (C=O) groups is 1. The predicted molar refractivity (Wildman–Crippen MR) is 530 cm³/mol. The van der Waals surface area contributed by atoms with Gasteiger partial charge in [-0.3, -0.25) is 21.1 Å². The van der Waals surface area contributed by atoms with Gasteiger partial charge in [0.1, 0.15) is 0 Å². The monoisotopic (exact) mass is 2020 g/mol. The van der Waals surface area contributed by atoms with Gasteiger partial charge in [0.25, 0.3) is 15.9 Å². The molecule has 5 heterocycles. The molecule has 5 saturated heterocycles. The summed E-state index contributed by atoms with van der Waals surface area (Å²) in [6, 6.07) is 84.0. The molecule has 0 spiro atoms. The number of hydrogen-bond acceptors (Lipinski definition) is 15. The Hall–Kier alpha value is -7.43. The zero-order valence-electron chi connectivity index (χ0n) is 67.7. The van der Waals surface area contributed by atoms with E-state index in [1.54, 1.807) is 83.9 Å². The van der Waals surface area contributed by atoms with E-state index in [0.717, 1.165) is 100 Å². The number of amides is 1. The second-order valence-corrected chi connectivity index (χ2v) is 38.1. The second kappa shape index (κ2) is 46.1. The van der Waals surface area contributed by atoms with Crippen LogP contribution in [0.3, 0.4) is 0 Å². The average molecular weight is 2030 g/mol. The fourth-order valence-corrected chi connectivity index (χ4v) is 19.9. The number of hydrazine groups is 3. The Labute approximate surface area is 815 Å². The zero-order valence-corrected chi connectivity index (χ0v) is 79.9. The van der Waals surface area contributed by atoms with E-state index in [1.807, 2.05) is 192 Å². The lowest BCUT2D eigenvalue weighted by Crippen LogP contribution is -2.55. The Balaban J connectivity index is 0.000000137. The van der Waals surface area contributed by atoms with E-state index in [1.165, 1.54) is 10.6 Å². The molecule has 5 fully saturated rings. The molecule has 12 aromatic carbocycles. The highest BCUT2D eigenvalue weighted by molar-refractivity contribution is 7.89. The summed E-state index contributed by atoms with van der Waals surface area (Å²) in [7, 11) is -3.68. The number of nitrogens with two attached hydrogens (primary N) is 1. The Kier molecular flexibility index (Phi) is 35.2. The summed E-state index contributed by atoms with van der Waals surface area (Å²) >= 11 is 92.4. The van der Waals surface area contributed by atoms with Gasteiger partial charge < -0.3 is 29.8 Å². The maximum Gasteiger partial charge on any atom is 0.265 e. The summed E-state index contributed by atoms with van der Waals surface area (Å²) in [6.07, 6.45) is 0. The first-order chi connectivity index (χ1) is 61.1. The molecule has 0 aliphatic carbocycles. The number of nitroso groups, excluding NO2 is 1. The van der Waals surface area contributed by atoms with E-state index in [2.05, 4.69) is 57.5 Å². The van der Waals surface area contributed by atoms with Gasteiger partial charge in [-0.25, -0.2) is 23.4 Å². The van der Waals surface area contributed by atoms with Crippen molar-refractivity contribution < 1.29 is 13.2 Å². The molecule has 17 rings (SSSR count). The van der Waals surface area contributed by atoms with Crippen molar-refractivity contribution in [2.75, 3.05) is 123 Å². The van der Waals surface area contributed by atoms with Gasteiger partial charge >= 0.3 is 0 Å². The molecule has 18 nitrogen and oxygen atoms in total. The maximum absolute atomic E-state index is 12.8. The van der Waals surface area contributed by atoms with Crippen LogP contribution in [-0.2, 0) is 10.0 Å². The lowest BCUT2D eigenvalue weighted by Gasteiger charge is -2.43. The molecule has 12 aromatic rings. The first-order valence-corrected chi connectivity index (χ1v) is 47.4. The minimum absolute atomic E-state index is 0.0224. The number of nitrogens with one attached hydrogen (secondary N) is 3. The van der Waals surface area contributed by atoms with Gasteiger partial charge in [0, 0.05) is 141 Å². The summed E-state index contributed by atoms with van der Waals surface area (Å²) in [5.41, 5.74) is 13.8. The third kappa shape index (κ3) is 26.3. The van der Waals surface area contributed by atoms with Crippen molar-refractivity contribution in [1.29, 1.82) is 0 Å². The second-order valence-electron chi connectivity index (χ2n) is 30.1. The molecule has 662 valence electrons. The van der Waals surface area contributed by atoms with E-state index >= 15 is 0 Å². The highest BCUT2D eigenvalue weighted by Gasteiger charge is 2.36. The molecule has 0 radical (unpaired) electrons.